The van der Waals surface area contributed by atoms with Crippen LogP contribution in [0.25, 0.3) is 39.1 Å². The van der Waals surface area contributed by atoms with Gasteiger partial charge in [-0.05, 0) is 67.7 Å². The highest BCUT2D eigenvalue weighted by Gasteiger charge is 2.19. The smallest absolute Gasteiger partial charge is 0.145 e. The molecule has 3 aromatic carbocycles. The minimum absolute atomic E-state index is 0.246. The molecule has 1 fully saturated rings. The molecule has 0 unspecified atom stereocenters. The minimum Gasteiger partial charge on any atom is -0.508 e. The molecule has 1 saturated heterocycles. The van der Waals surface area contributed by atoms with Crippen molar-refractivity contribution in [2.45, 2.75) is 0 Å². The number of likely N-dealkylation sites (N-methyl/N-ethyl adjacent to an activating group) is 1. The van der Waals surface area contributed by atoms with Crippen molar-refractivity contribution in [1.29, 1.82) is 0 Å². The number of rotatable bonds is 3. The van der Waals surface area contributed by atoms with E-state index in [2.05, 4.69) is 61.7 Å². The molecule has 3 heterocycles. The predicted molar refractivity (Wildman–Crippen MR) is 128 cm³/mol. The van der Waals surface area contributed by atoms with E-state index in [9.17, 15) is 5.11 Å². The summed E-state index contributed by atoms with van der Waals surface area (Å²) in [5.74, 6) is 1.11. The Bertz CT molecular complexity index is 1410. The van der Waals surface area contributed by atoms with E-state index in [-0.39, 0.29) is 5.75 Å². The van der Waals surface area contributed by atoms with Gasteiger partial charge in [-0.15, -0.1) is 0 Å². The van der Waals surface area contributed by atoms with Gasteiger partial charge < -0.3 is 19.9 Å². The molecule has 1 aliphatic rings. The highest BCUT2D eigenvalue weighted by molar-refractivity contribution is 5.88. The normalized spacial score (nSPS) is 15.1. The van der Waals surface area contributed by atoms with Gasteiger partial charge in [-0.25, -0.2) is 9.97 Å². The number of aromatic nitrogens is 4. The summed E-state index contributed by atoms with van der Waals surface area (Å²) in [6.45, 7) is 4.17. The van der Waals surface area contributed by atoms with Gasteiger partial charge in [0.25, 0.3) is 0 Å². The molecule has 7 heteroatoms. The predicted octanol–water partition coefficient (Wildman–Crippen LogP) is 4.03. The van der Waals surface area contributed by atoms with Crippen molar-refractivity contribution in [1.82, 2.24) is 24.4 Å². The lowest BCUT2D eigenvalue weighted by Crippen LogP contribution is -2.44. The summed E-state index contributed by atoms with van der Waals surface area (Å²) in [5.41, 5.74) is 7.06. The topological polar surface area (TPSA) is 73.2 Å². The largest absolute Gasteiger partial charge is 0.508 e. The second-order valence-electron chi connectivity index (χ2n) is 8.39. The van der Waals surface area contributed by atoms with Crippen LogP contribution < -0.4 is 4.90 Å². The number of phenols is 1. The van der Waals surface area contributed by atoms with E-state index in [0.717, 1.165) is 65.3 Å². The number of phenolic OH excluding ortho intramolecular Hbond substituents is 1. The molecular weight excluding hydrogens is 400 g/mol. The minimum atomic E-state index is 0.246. The van der Waals surface area contributed by atoms with Crippen molar-refractivity contribution >= 4 is 27.8 Å². The molecule has 2 aromatic heterocycles. The summed E-state index contributed by atoms with van der Waals surface area (Å²) in [6, 6.07) is 19.9. The van der Waals surface area contributed by atoms with E-state index in [1.54, 1.807) is 18.5 Å². The molecule has 7 nitrogen and oxygen atoms in total. The number of nitrogens with zero attached hydrogens (tertiary/aromatic N) is 5. The van der Waals surface area contributed by atoms with Gasteiger partial charge in [0, 0.05) is 43.1 Å². The van der Waals surface area contributed by atoms with Crippen molar-refractivity contribution in [3.63, 3.8) is 0 Å². The van der Waals surface area contributed by atoms with Gasteiger partial charge in [0.1, 0.15) is 11.6 Å². The van der Waals surface area contributed by atoms with E-state index in [1.165, 1.54) is 5.69 Å². The molecule has 6 rings (SSSR count). The van der Waals surface area contributed by atoms with E-state index in [1.807, 2.05) is 18.2 Å². The maximum atomic E-state index is 9.80. The molecule has 5 aromatic rings. The fourth-order valence-electron chi connectivity index (χ4n) is 4.46. The van der Waals surface area contributed by atoms with Gasteiger partial charge in [0.05, 0.1) is 28.4 Å². The van der Waals surface area contributed by atoms with Crippen LogP contribution in [0.4, 0.5) is 5.69 Å². The zero-order chi connectivity index (χ0) is 21.7. The summed E-state index contributed by atoms with van der Waals surface area (Å²) < 4.78 is 2.15. The highest BCUT2D eigenvalue weighted by atomic mass is 16.3. The number of anilines is 1. The Balaban J connectivity index is 1.52. The van der Waals surface area contributed by atoms with Crippen molar-refractivity contribution < 1.29 is 5.11 Å². The average Bonchev–Trinajstić information content (AvgIpc) is 3.43. The number of piperazine rings is 1. The van der Waals surface area contributed by atoms with Crippen LogP contribution in [0, 0.1) is 0 Å². The standard InChI is InChI=1S/C25H24N6O/c1-29-10-12-30(13-11-29)19-5-9-24-23(15-19)28-25(31(24)18-3-6-20(32)7-4-18)17-2-8-21-22(14-17)27-16-26-21/h2-9,14-16,32H,10-13H2,1H3,(H,26,27). The summed E-state index contributed by atoms with van der Waals surface area (Å²) in [6.07, 6.45) is 1.71. The number of hydrogen-bond donors (Lipinski definition) is 2. The zero-order valence-corrected chi connectivity index (χ0v) is 17.9. The molecule has 0 amide bonds. The van der Waals surface area contributed by atoms with Gasteiger partial charge in [0.15, 0.2) is 0 Å². The average molecular weight is 425 g/mol. The lowest BCUT2D eigenvalue weighted by atomic mass is 10.2. The molecule has 160 valence electrons. The van der Waals surface area contributed by atoms with Crippen LogP contribution in [0.3, 0.4) is 0 Å². The van der Waals surface area contributed by atoms with E-state index in [4.69, 9.17) is 4.98 Å². The first-order chi connectivity index (χ1) is 15.7. The number of hydrogen-bond acceptors (Lipinski definition) is 5. The van der Waals surface area contributed by atoms with Gasteiger partial charge in [-0.2, -0.15) is 0 Å². The van der Waals surface area contributed by atoms with Crippen LogP contribution in [0.1, 0.15) is 0 Å². The van der Waals surface area contributed by atoms with Crippen LogP contribution in [0.5, 0.6) is 5.75 Å². The van der Waals surface area contributed by atoms with E-state index in [0.29, 0.717) is 0 Å². The second-order valence-corrected chi connectivity index (χ2v) is 8.39. The van der Waals surface area contributed by atoms with E-state index < -0.39 is 0 Å². The molecule has 0 atom stereocenters. The number of fused-ring (bicyclic) bond motifs is 2. The lowest BCUT2D eigenvalue weighted by Gasteiger charge is -2.34. The van der Waals surface area contributed by atoms with Crippen LogP contribution >= 0.6 is 0 Å². The van der Waals surface area contributed by atoms with E-state index >= 15 is 0 Å². The summed E-state index contributed by atoms with van der Waals surface area (Å²) in [5, 5.41) is 9.80. The number of nitrogens with one attached hydrogen (secondary N) is 1. The Kier molecular flexibility index (Phi) is 4.36. The van der Waals surface area contributed by atoms with Crippen molar-refractivity contribution in [2.75, 3.05) is 38.1 Å². The van der Waals surface area contributed by atoms with Crippen LogP contribution in [0.2, 0.25) is 0 Å². The monoisotopic (exact) mass is 424 g/mol. The SMILES string of the molecule is CN1CCN(c2ccc3c(c2)nc(-c2ccc4nc[nH]c4c2)n3-c2ccc(O)cc2)CC1. The first kappa shape index (κ1) is 18.9. The highest BCUT2D eigenvalue weighted by Crippen LogP contribution is 2.32. The zero-order valence-electron chi connectivity index (χ0n) is 17.9. The van der Waals surface area contributed by atoms with Crippen LogP contribution in [0.15, 0.2) is 67.0 Å². The summed E-state index contributed by atoms with van der Waals surface area (Å²) in [4.78, 5) is 17.4. The lowest BCUT2D eigenvalue weighted by molar-refractivity contribution is 0.313. The molecule has 32 heavy (non-hydrogen) atoms. The fourth-order valence-corrected chi connectivity index (χ4v) is 4.46. The Labute approximate surface area is 185 Å². The maximum absolute atomic E-state index is 9.80. The molecule has 0 spiro atoms. The van der Waals surface area contributed by atoms with Crippen molar-refractivity contribution in [3.8, 4) is 22.8 Å². The Morgan fingerprint density at radius 2 is 1.62 bits per heavy atom. The maximum Gasteiger partial charge on any atom is 0.145 e. The van der Waals surface area contributed by atoms with Gasteiger partial charge in [0.2, 0.25) is 0 Å². The number of aromatic hydroxyl groups is 1. The van der Waals surface area contributed by atoms with Gasteiger partial charge in [-0.3, -0.25) is 4.57 Å². The molecule has 0 bridgehead atoms. The summed E-state index contributed by atoms with van der Waals surface area (Å²) >= 11 is 0. The molecule has 1 aliphatic heterocycles. The number of benzene rings is 3. The third-order valence-corrected chi connectivity index (χ3v) is 6.29. The Morgan fingerprint density at radius 1 is 0.844 bits per heavy atom. The van der Waals surface area contributed by atoms with Gasteiger partial charge >= 0.3 is 0 Å². The first-order valence-corrected chi connectivity index (χ1v) is 10.8. The number of H-pyrrole nitrogens is 1. The van der Waals surface area contributed by atoms with Gasteiger partial charge in [-0.1, -0.05) is 0 Å². The quantitative estimate of drug-likeness (QED) is 0.458. The molecule has 2 N–H and O–H groups in total. The Hall–Kier alpha value is -3.84. The first-order valence-electron chi connectivity index (χ1n) is 10.8. The molecule has 0 saturated carbocycles. The number of aromatic amines is 1. The third-order valence-electron chi connectivity index (χ3n) is 6.29. The second kappa shape index (κ2) is 7.39. The fraction of sp³-hybridized carbons (Fsp3) is 0.200. The Morgan fingerprint density at radius 3 is 2.44 bits per heavy atom. The molecule has 0 radical (unpaired) electrons. The van der Waals surface area contributed by atoms with Crippen molar-refractivity contribution in [2.24, 2.45) is 0 Å². The summed E-state index contributed by atoms with van der Waals surface area (Å²) in [7, 11) is 2.17. The third kappa shape index (κ3) is 3.18. The van der Waals surface area contributed by atoms with Crippen LogP contribution in [-0.2, 0) is 0 Å². The number of imidazole rings is 2. The molecular formula is C25H24N6O. The molecule has 0 aliphatic carbocycles. The van der Waals surface area contributed by atoms with Crippen LogP contribution in [-0.4, -0.2) is 62.8 Å². The van der Waals surface area contributed by atoms with Crippen molar-refractivity contribution in [3.05, 3.63) is 67.0 Å².